The lowest BCUT2D eigenvalue weighted by molar-refractivity contribution is -0.127. The van der Waals surface area contributed by atoms with Crippen LogP contribution in [0.25, 0.3) is 6.08 Å². The molecular weight excluding hydrogens is 646 g/mol. The number of nitrogens with one attached hydrogen (secondary N) is 2. The minimum Gasteiger partial charge on any atom is -0.492 e. The van der Waals surface area contributed by atoms with Gasteiger partial charge in [0, 0.05) is 32.0 Å². The third-order valence-electron chi connectivity index (χ3n) is 10.3. The summed E-state index contributed by atoms with van der Waals surface area (Å²) in [4.78, 5) is 29.3. The van der Waals surface area contributed by atoms with Gasteiger partial charge in [0.05, 0.1) is 37.5 Å². The highest BCUT2D eigenvalue weighted by Crippen LogP contribution is 2.33. The van der Waals surface area contributed by atoms with Crippen molar-refractivity contribution in [2.24, 2.45) is 11.8 Å². The number of hydrogen-bond donors (Lipinski definition) is 4. The van der Waals surface area contributed by atoms with Crippen molar-refractivity contribution in [3.63, 3.8) is 0 Å². The molecule has 1 heterocycles. The van der Waals surface area contributed by atoms with Gasteiger partial charge in [0.15, 0.2) is 0 Å². The molecule has 1 saturated carbocycles. The molecule has 0 unspecified atom stereocenters. The van der Waals surface area contributed by atoms with E-state index in [4.69, 9.17) is 14.2 Å². The molecule has 5 rings (SSSR count). The van der Waals surface area contributed by atoms with Crippen molar-refractivity contribution >= 4 is 18.1 Å². The van der Waals surface area contributed by atoms with Crippen LogP contribution in [0.2, 0.25) is 0 Å². The SMILES string of the molecule is CC(C)(C)OC(=O)N[C@@H](CC1CCCCC1)[C@@H](O)C[C@@H](C/C=C/c1ccc(OCCN2CCOCC2)cc1)C(=O)N[C@H]1c2ccccc2C[C@H]1O. The average Bonchev–Trinajstić information content (AvgIpc) is 3.42. The van der Waals surface area contributed by atoms with Gasteiger partial charge in [-0.05, 0) is 74.8 Å². The summed E-state index contributed by atoms with van der Waals surface area (Å²) in [6.45, 7) is 10.3. The number of carbonyl (C=O) groups excluding carboxylic acids is 2. The molecule has 280 valence electrons. The molecule has 1 saturated heterocycles. The van der Waals surface area contributed by atoms with Crippen molar-refractivity contribution in [2.45, 2.75) is 108 Å². The number of carbonyl (C=O) groups is 2. The number of rotatable bonds is 15. The first-order valence-corrected chi connectivity index (χ1v) is 19.0. The molecule has 2 aliphatic carbocycles. The Morgan fingerprint density at radius 3 is 2.49 bits per heavy atom. The number of amides is 2. The smallest absolute Gasteiger partial charge is 0.407 e. The summed E-state index contributed by atoms with van der Waals surface area (Å²) in [5.41, 5.74) is 2.23. The summed E-state index contributed by atoms with van der Waals surface area (Å²) in [6, 6.07) is 14.6. The first kappa shape index (κ1) is 38.8. The van der Waals surface area contributed by atoms with E-state index in [1.165, 1.54) is 6.42 Å². The molecule has 10 nitrogen and oxygen atoms in total. The Kier molecular flexibility index (Phi) is 14.4. The van der Waals surface area contributed by atoms with E-state index in [0.717, 1.165) is 81.0 Å². The van der Waals surface area contributed by atoms with E-state index in [1.54, 1.807) is 0 Å². The van der Waals surface area contributed by atoms with E-state index in [1.807, 2.05) is 81.5 Å². The zero-order valence-corrected chi connectivity index (χ0v) is 30.7. The van der Waals surface area contributed by atoms with Crippen LogP contribution in [0, 0.1) is 11.8 Å². The van der Waals surface area contributed by atoms with Crippen molar-refractivity contribution < 1.29 is 34.0 Å². The largest absolute Gasteiger partial charge is 0.492 e. The molecule has 2 aromatic carbocycles. The topological polar surface area (TPSA) is 130 Å². The van der Waals surface area contributed by atoms with Gasteiger partial charge in [-0.15, -0.1) is 0 Å². The van der Waals surface area contributed by atoms with E-state index in [-0.39, 0.29) is 12.3 Å². The minimum atomic E-state index is -0.974. The maximum absolute atomic E-state index is 14.0. The number of nitrogens with zero attached hydrogens (tertiary/aromatic N) is 1. The van der Waals surface area contributed by atoms with Gasteiger partial charge >= 0.3 is 6.09 Å². The molecule has 0 radical (unpaired) electrons. The van der Waals surface area contributed by atoms with Crippen molar-refractivity contribution in [2.75, 3.05) is 39.5 Å². The van der Waals surface area contributed by atoms with E-state index < -0.39 is 41.9 Å². The zero-order chi connectivity index (χ0) is 36.2. The predicted octanol–water partition coefficient (Wildman–Crippen LogP) is 5.81. The lowest BCUT2D eigenvalue weighted by atomic mass is 9.82. The number of allylic oxidation sites excluding steroid dienone is 1. The third-order valence-corrected chi connectivity index (χ3v) is 10.3. The maximum Gasteiger partial charge on any atom is 0.407 e. The van der Waals surface area contributed by atoms with Gasteiger partial charge in [-0.2, -0.15) is 0 Å². The molecule has 10 heteroatoms. The van der Waals surface area contributed by atoms with Crippen LogP contribution in [0.4, 0.5) is 4.79 Å². The van der Waals surface area contributed by atoms with Crippen LogP contribution in [0.15, 0.2) is 54.6 Å². The van der Waals surface area contributed by atoms with Gasteiger partial charge < -0.3 is 35.1 Å². The molecule has 1 aliphatic heterocycles. The molecule has 51 heavy (non-hydrogen) atoms. The summed E-state index contributed by atoms with van der Waals surface area (Å²) in [5, 5.41) is 28.7. The Labute approximate surface area is 303 Å². The summed E-state index contributed by atoms with van der Waals surface area (Å²) in [7, 11) is 0. The van der Waals surface area contributed by atoms with E-state index in [9.17, 15) is 19.8 Å². The fraction of sp³-hybridized carbons (Fsp3) is 0.610. The molecule has 2 amide bonds. The Hall–Kier alpha value is -3.44. The second kappa shape index (κ2) is 18.9. The first-order chi connectivity index (χ1) is 24.5. The number of aliphatic hydroxyl groups is 2. The van der Waals surface area contributed by atoms with Gasteiger partial charge in [0.2, 0.25) is 5.91 Å². The normalized spacial score (nSPS) is 21.8. The monoisotopic (exact) mass is 705 g/mol. The molecule has 2 fully saturated rings. The summed E-state index contributed by atoms with van der Waals surface area (Å²) < 4.78 is 16.9. The van der Waals surface area contributed by atoms with Crippen LogP contribution in [0.5, 0.6) is 5.75 Å². The Morgan fingerprint density at radius 1 is 1.04 bits per heavy atom. The third kappa shape index (κ3) is 12.3. The highest BCUT2D eigenvalue weighted by Gasteiger charge is 2.35. The first-order valence-electron chi connectivity index (χ1n) is 19.0. The number of morpholine rings is 1. The average molecular weight is 706 g/mol. The quantitative estimate of drug-likeness (QED) is 0.183. The van der Waals surface area contributed by atoms with Gasteiger partial charge in [-0.1, -0.05) is 80.7 Å². The van der Waals surface area contributed by atoms with Crippen LogP contribution < -0.4 is 15.4 Å². The lowest BCUT2D eigenvalue weighted by Gasteiger charge is -2.32. The Balaban J connectivity index is 1.26. The molecule has 3 aliphatic rings. The highest BCUT2D eigenvalue weighted by molar-refractivity contribution is 5.80. The number of alkyl carbamates (subject to hydrolysis) is 1. The predicted molar refractivity (Wildman–Crippen MR) is 198 cm³/mol. The fourth-order valence-electron chi connectivity index (χ4n) is 7.50. The minimum absolute atomic E-state index is 0.143. The van der Waals surface area contributed by atoms with Crippen LogP contribution in [0.1, 0.15) is 94.9 Å². The molecule has 0 spiro atoms. The van der Waals surface area contributed by atoms with Gasteiger partial charge in [-0.3, -0.25) is 9.69 Å². The van der Waals surface area contributed by atoms with Crippen LogP contribution in [-0.2, 0) is 20.7 Å². The van der Waals surface area contributed by atoms with Gasteiger partial charge in [-0.25, -0.2) is 4.79 Å². The van der Waals surface area contributed by atoms with Crippen molar-refractivity contribution in [1.29, 1.82) is 0 Å². The standard InChI is InChI=1S/C41H59N3O7/c1-41(2,3)51-40(48)42-35(26-30-10-5-4-6-11-30)36(45)28-32(39(47)43-38-34-15-8-7-13-31(34)27-37(38)46)14-9-12-29-16-18-33(19-17-29)50-25-22-44-20-23-49-24-21-44/h7-9,12-13,15-19,30,32,35-38,45-46H,4-6,10-11,14,20-28H2,1-3H3,(H,42,48)(H,43,47)/b12-9+/t32-,35+,36+,37-,38+/m1/s1. The van der Waals surface area contributed by atoms with Crippen molar-refractivity contribution in [1.82, 2.24) is 15.5 Å². The molecule has 0 aromatic heterocycles. The number of ether oxygens (including phenoxy) is 3. The number of aliphatic hydroxyl groups excluding tert-OH is 2. The molecule has 4 N–H and O–H groups in total. The summed E-state index contributed by atoms with van der Waals surface area (Å²) in [5.74, 6) is 0.347. The van der Waals surface area contributed by atoms with Crippen molar-refractivity contribution in [3.8, 4) is 5.75 Å². The van der Waals surface area contributed by atoms with E-state index >= 15 is 0 Å². The molecule has 0 bridgehead atoms. The summed E-state index contributed by atoms with van der Waals surface area (Å²) in [6.07, 6.45) is 8.89. The molecular formula is C41H59N3O7. The highest BCUT2D eigenvalue weighted by atomic mass is 16.6. The fourth-order valence-corrected chi connectivity index (χ4v) is 7.50. The summed E-state index contributed by atoms with van der Waals surface area (Å²) >= 11 is 0. The zero-order valence-electron chi connectivity index (χ0n) is 30.7. The maximum atomic E-state index is 14.0. The Bertz CT molecular complexity index is 1410. The molecule has 2 aromatic rings. The van der Waals surface area contributed by atoms with Gasteiger partial charge in [0.1, 0.15) is 18.0 Å². The second-order valence-corrected chi connectivity index (χ2v) is 15.5. The lowest BCUT2D eigenvalue weighted by Crippen LogP contribution is -2.48. The van der Waals surface area contributed by atoms with Crippen LogP contribution in [0.3, 0.4) is 0 Å². The number of hydrogen-bond acceptors (Lipinski definition) is 8. The number of fused-ring (bicyclic) bond motifs is 1. The van der Waals surface area contributed by atoms with Gasteiger partial charge in [0.25, 0.3) is 0 Å². The van der Waals surface area contributed by atoms with E-state index in [0.29, 0.717) is 31.8 Å². The van der Waals surface area contributed by atoms with E-state index in [2.05, 4.69) is 15.5 Å². The second-order valence-electron chi connectivity index (χ2n) is 15.5. The number of benzene rings is 2. The Morgan fingerprint density at radius 2 is 1.76 bits per heavy atom. The molecule has 5 atom stereocenters. The van der Waals surface area contributed by atoms with Crippen molar-refractivity contribution in [3.05, 3.63) is 71.3 Å². The van der Waals surface area contributed by atoms with Crippen LogP contribution in [-0.4, -0.2) is 90.4 Å². The van der Waals surface area contributed by atoms with Crippen LogP contribution >= 0.6 is 0 Å².